The molecule has 1 saturated heterocycles. The molecule has 2 rings (SSSR count). The van der Waals surface area contributed by atoms with Gasteiger partial charge in [-0.25, -0.2) is 4.79 Å². The molecule has 1 aromatic carbocycles. The predicted molar refractivity (Wildman–Crippen MR) is 97.6 cm³/mol. The Labute approximate surface area is 149 Å². The molecule has 1 aliphatic heterocycles. The third-order valence-corrected chi connectivity index (χ3v) is 4.38. The van der Waals surface area contributed by atoms with Crippen molar-refractivity contribution in [3.05, 3.63) is 30.3 Å². The average Bonchev–Trinajstić information content (AvgIpc) is 2.65. The number of amides is 3. The zero-order chi connectivity index (χ0) is 18.1. The largest absolute Gasteiger partial charge is 0.385 e. The zero-order valence-electron chi connectivity index (χ0n) is 15.0. The van der Waals surface area contributed by atoms with Crippen molar-refractivity contribution >= 4 is 17.6 Å². The highest BCUT2D eigenvalue weighted by molar-refractivity contribution is 5.89. The van der Waals surface area contributed by atoms with Crippen molar-refractivity contribution in [1.82, 2.24) is 15.1 Å². The van der Waals surface area contributed by atoms with Crippen molar-refractivity contribution in [2.45, 2.75) is 19.4 Å². The van der Waals surface area contributed by atoms with Crippen LogP contribution in [0.3, 0.4) is 0 Å². The van der Waals surface area contributed by atoms with E-state index in [0.717, 1.165) is 12.1 Å². The highest BCUT2D eigenvalue weighted by atomic mass is 16.5. The minimum Gasteiger partial charge on any atom is -0.385 e. The lowest BCUT2D eigenvalue weighted by Gasteiger charge is -2.37. The van der Waals surface area contributed by atoms with Crippen LogP contribution in [0.25, 0.3) is 0 Å². The number of piperazine rings is 1. The van der Waals surface area contributed by atoms with Crippen LogP contribution in [0.4, 0.5) is 10.5 Å². The van der Waals surface area contributed by atoms with Crippen molar-refractivity contribution in [1.29, 1.82) is 0 Å². The Balaban J connectivity index is 1.73. The number of nitrogens with zero attached hydrogens (tertiary/aromatic N) is 2. The van der Waals surface area contributed by atoms with Crippen molar-refractivity contribution in [3.63, 3.8) is 0 Å². The van der Waals surface area contributed by atoms with Gasteiger partial charge in [-0.3, -0.25) is 9.69 Å². The Morgan fingerprint density at radius 1 is 1.16 bits per heavy atom. The Bertz CT molecular complexity index is 545. The Kier molecular flexibility index (Phi) is 7.69. The molecule has 25 heavy (non-hydrogen) atoms. The molecule has 1 aliphatic rings. The van der Waals surface area contributed by atoms with Crippen LogP contribution in [-0.2, 0) is 9.53 Å². The first-order valence-corrected chi connectivity index (χ1v) is 8.73. The summed E-state index contributed by atoms with van der Waals surface area (Å²) < 4.78 is 4.97. The molecule has 0 unspecified atom stereocenters. The second kappa shape index (κ2) is 10.0. The van der Waals surface area contributed by atoms with E-state index in [1.165, 1.54) is 0 Å². The van der Waals surface area contributed by atoms with Gasteiger partial charge < -0.3 is 20.3 Å². The van der Waals surface area contributed by atoms with E-state index in [2.05, 4.69) is 15.5 Å². The molecule has 7 nitrogen and oxygen atoms in total. The molecule has 1 heterocycles. The molecular weight excluding hydrogens is 320 g/mol. The lowest BCUT2D eigenvalue weighted by Crippen LogP contribution is -2.55. The van der Waals surface area contributed by atoms with Crippen molar-refractivity contribution < 1.29 is 14.3 Å². The van der Waals surface area contributed by atoms with Gasteiger partial charge in [0.05, 0.1) is 6.04 Å². The first-order valence-electron chi connectivity index (χ1n) is 8.73. The predicted octanol–water partition coefficient (Wildman–Crippen LogP) is 1.38. The molecule has 0 aromatic heterocycles. The van der Waals surface area contributed by atoms with Crippen LogP contribution in [0.2, 0.25) is 0 Å². The fourth-order valence-corrected chi connectivity index (χ4v) is 2.78. The van der Waals surface area contributed by atoms with Gasteiger partial charge in [-0.1, -0.05) is 18.2 Å². The van der Waals surface area contributed by atoms with Crippen LogP contribution in [0, 0.1) is 0 Å². The van der Waals surface area contributed by atoms with E-state index in [9.17, 15) is 9.59 Å². The van der Waals surface area contributed by atoms with E-state index in [1.807, 2.05) is 37.3 Å². The number of carbonyl (C=O) groups excluding carboxylic acids is 2. The maximum absolute atomic E-state index is 12.3. The minimum absolute atomic E-state index is 0.0262. The van der Waals surface area contributed by atoms with Crippen molar-refractivity contribution in [2.24, 2.45) is 0 Å². The molecule has 138 valence electrons. The van der Waals surface area contributed by atoms with E-state index in [-0.39, 0.29) is 18.0 Å². The first kappa shape index (κ1) is 19.2. The van der Waals surface area contributed by atoms with Gasteiger partial charge in [-0.2, -0.15) is 0 Å². The van der Waals surface area contributed by atoms with E-state index in [1.54, 1.807) is 12.0 Å². The number of ether oxygens (including phenoxy) is 1. The number of methoxy groups -OCH3 is 1. The number of anilines is 1. The van der Waals surface area contributed by atoms with Gasteiger partial charge in [0.25, 0.3) is 0 Å². The Morgan fingerprint density at radius 3 is 2.48 bits per heavy atom. The van der Waals surface area contributed by atoms with E-state index < -0.39 is 0 Å². The molecule has 1 fully saturated rings. The van der Waals surface area contributed by atoms with Crippen molar-refractivity contribution in [3.8, 4) is 0 Å². The van der Waals surface area contributed by atoms with E-state index in [0.29, 0.717) is 39.3 Å². The fourth-order valence-electron chi connectivity index (χ4n) is 2.78. The van der Waals surface area contributed by atoms with Gasteiger partial charge in [-0.05, 0) is 25.5 Å². The number of rotatable bonds is 7. The molecule has 2 N–H and O–H groups in total. The van der Waals surface area contributed by atoms with E-state index in [4.69, 9.17) is 4.74 Å². The fraction of sp³-hybridized carbons (Fsp3) is 0.556. The normalized spacial score (nSPS) is 16.3. The second-order valence-electron chi connectivity index (χ2n) is 6.13. The van der Waals surface area contributed by atoms with Crippen LogP contribution in [0.1, 0.15) is 13.3 Å². The summed E-state index contributed by atoms with van der Waals surface area (Å²) in [6.07, 6.45) is 0.808. The number of para-hydroxylation sites is 1. The maximum Gasteiger partial charge on any atom is 0.321 e. The Hall–Kier alpha value is -2.12. The van der Waals surface area contributed by atoms with Crippen LogP contribution < -0.4 is 10.6 Å². The monoisotopic (exact) mass is 348 g/mol. The number of carbonyl (C=O) groups is 2. The molecule has 1 atom stereocenters. The van der Waals surface area contributed by atoms with Gasteiger partial charge in [0.15, 0.2) is 0 Å². The van der Waals surface area contributed by atoms with Crippen LogP contribution in [0.5, 0.6) is 0 Å². The molecule has 0 radical (unpaired) electrons. The third kappa shape index (κ3) is 6.03. The van der Waals surface area contributed by atoms with Crippen LogP contribution >= 0.6 is 0 Å². The zero-order valence-corrected chi connectivity index (χ0v) is 15.0. The number of hydrogen-bond donors (Lipinski definition) is 2. The quantitative estimate of drug-likeness (QED) is 0.730. The summed E-state index contributed by atoms with van der Waals surface area (Å²) in [4.78, 5) is 28.4. The molecule has 0 bridgehead atoms. The molecular formula is C18H28N4O3. The SMILES string of the molecule is COCCCNC(=O)[C@@H](C)N1CCN(C(=O)Nc2ccccc2)CC1. The highest BCUT2D eigenvalue weighted by Crippen LogP contribution is 2.10. The molecule has 7 heteroatoms. The first-order chi connectivity index (χ1) is 12.1. The number of nitrogens with one attached hydrogen (secondary N) is 2. The standard InChI is InChI=1S/C18H28N4O3/c1-15(17(23)19-9-6-14-25-2)21-10-12-22(13-11-21)18(24)20-16-7-4-3-5-8-16/h3-5,7-8,15H,6,9-14H2,1-2H3,(H,19,23)(H,20,24)/t15-/m1/s1. The molecule has 0 saturated carbocycles. The summed E-state index contributed by atoms with van der Waals surface area (Å²) in [5, 5.41) is 5.82. The summed E-state index contributed by atoms with van der Waals surface area (Å²) in [7, 11) is 1.65. The van der Waals surface area contributed by atoms with Crippen LogP contribution in [-0.4, -0.2) is 74.2 Å². The Morgan fingerprint density at radius 2 is 1.84 bits per heavy atom. The summed E-state index contributed by atoms with van der Waals surface area (Å²) in [5.74, 6) is 0.0262. The highest BCUT2D eigenvalue weighted by Gasteiger charge is 2.27. The lowest BCUT2D eigenvalue weighted by atomic mass is 10.2. The summed E-state index contributed by atoms with van der Waals surface area (Å²) in [6.45, 7) is 5.77. The molecule has 1 aromatic rings. The van der Waals surface area contributed by atoms with Crippen LogP contribution in [0.15, 0.2) is 30.3 Å². The van der Waals surface area contributed by atoms with E-state index >= 15 is 0 Å². The molecule has 0 aliphatic carbocycles. The average molecular weight is 348 g/mol. The van der Waals surface area contributed by atoms with Gasteiger partial charge in [0.1, 0.15) is 0 Å². The summed E-state index contributed by atoms with van der Waals surface area (Å²) in [6, 6.07) is 9.13. The summed E-state index contributed by atoms with van der Waals surface area (Å²) in [5.41, 5.74) is 0.790. The van der Waals surface area contributed by atoms with Gasteiger partial charge in [-0.15, -0.1) is 0 Å². The number of urea groups is 1. The second-order valence-corrected chi connectivity index (χ2v) is 6.13. The minimum atomic E-state index is -0.193. The number of benzene rings is 1. The lowest BCUT2D eigenvalue weighted by molar-refractivity contribution is -0.126. The topological polar surface area (TPSA) is 73.9 Å². The number of hydrogen-bond acceptors (Lipinski definition) is 4. The smallest absolute Gasteiger partial charge is 0.321 e. The van der Waals surface area contributed by atoms with Gasteiger partial charge in [0, 0.05) is 52.1 Å². The third-order valence-electron chi connectivity index (χ3n) is 4.38. The van der Waals surface area contributed by atoms with Gasteiger partial charge >= 0.3 is 6.03 Å². The van der Waals surface area contributed by atoms with Crippen molar-refractivity contribution in [2.75, 3.05) is 51.8 Å². The molecule has 0 spiro atoms. The maximum atomic E-state index is 12.3. The van der Waals surface area contributed by atoms with Gasteiger partial charge in [0.2, 0.25) is 5.91 Å². The summed E-state index contributed by atoms with van der Waals surface area (Å²) >= 11 is 0. The molecule has 3 amide bonds.